The average Bonchev–Trinajstić information content (AvgIpc) is 2.53. The van der Waals surface area contributed by atoms with Crippen molar-refractivity contribution in [1.82, 2.24) is 10.3 Å². The molecular weight excluding hydrogens is 258 g/mol. The minimum absolute atomic E-state index is 0.289. The highest BCUT2D eigenvalue weighted by atomic mass is 14.9. The third-order valence-electron chi connectivity index (χ3n) is 4.49. The predicted octanol–water partition coefficient (Wildman–Crippen LogP) is 3.12. The van der Waals surface area contributed by atoms with E-state index < -0.39 is 0 Å². The lowest BCUT2D eigenvalue weighted by atomic mass is 9.78. The van der Waals surface area contributed by atoms with Gasteiger partial charge in [-0.05, 0) is 48.9 Å². The van der Waals surface area contributed by atoms with E-state index in [1.54, 1.807) is 6.20 Å². The minimum atomic E-state index is 0.289. The van der Waals surface area contributed by atoms with Gasteiger partial charge in [0.1, 0.15) is 5.82 Å². The SMILES string of the molecule is CCNC(c1cccnc1N)C1CCc2ccccc2C1. The number of hydrogen-bond donors (Lipinski definition) is 2. The number of benzene rings is 1. The van der Waals surface area contributed by atoms with Gasteiger partial charge in [-0.3, -0.25) is 0 Å². The zero-order chi connectivity index (χ0) is 14.7. The first kappa shape index (κ1) is 14.1. The van der Waals surface area contributed by atoms with E-state index in [2.05, 4.69) is 47.6 Å². The fourth-order valence-electron chi connectivity index (χ4n) is 3.45. The Hall–Kier alpha value is -1.87. The fraction of sp³-hybridized carbons (Fsp3) is 0.389. The van der Waals surface area contributed by atoms with E-state index in [1.807, 2.05) is 6.07 Å². The Kier molecular flexibility index (Phi) is 4.20. The summed E-state index contributed by atoms with van der Waals surface area (Å²) in [6.07, 6.45) is 5.23. The number of pyridine rings is 1. The van der Waals surface area contributed by atoms with Crippen LogP contribution in [0.1, 0.15) is 36.1 Å². The van der Waals surface area contributed by atoms with Crippen LogP contribution in [0.15, 0.2) is 42.6 Å². The molecular formula is C18H23N3. The van der Waals surface area contributed by atoms with Crippen LogP contribution in [0.25, 0.3) is 0 Å². The Balaban J connectivity index is 1.88. The van der Waals surface area contributed by atoms with E-state index in [0.29, 0.717) is 11.7 Å². The van der Waals surface area contributed by atoms with Crippen molar-refractivity contribution in [3.63, 3.8) is 0 Å². The molecule has 0 saturated heterocycles. The standard InChI is InChI=1S/C18H23N3/c1-2-20-17(16-8-5-11-21-18(16)19)15-10-9-13-6-3-4-7-14(13)12-15/h3-8,11,15,17,20H,2,9-10,12H2,1H3,(H2,19,21). The summed E-state index contributed by atoms with van der Waals surface area (Å²) in [5.74, 6) is 1.23. The van der Waals surface area contributed by atoms with E-state index in [0.717, 1.165) is 24.9 Å². The van der Waals surface area contributed by atoms with Crippen molar-refractivity contribution in [2.75, 3.05) is 12.3 Å². The van der Waals surface area contributed by atoms with Crippen molar-refractivity contribution in [2.45, 2.75) is 32.2 Å². The molecule has 0 fully saturated rings. The Morgan fingerprint density at radius 3 is 2.81 bits per heavy atom. The summed E-state index contributed by atoms with van der Waals surface area (Å²) in [6, 6.07) is 13.2. The summed E-state index contributed by atoms with van der Waals surface area (Å²) in [5.41, 5.74) is 10.2. The molecule has 1 aliphatic rings. The monoisotopic (exact) mass is 281 g/mol. The van der Waals surface area contributed by atoms with Crippen LogP contribution in [-0.4, -0.2) is 11.5 Å². The lowest BCUT2D eigenvalue weighted by Gasteiger charge is -2.32. The summed E-state index contributed by atoms with van der Waals surface area (Å²) in [4.78, 5) is 4.26. The average molecular weight is 281 g/mol. The van der Waals surface area contributed by atoms with Gasteiger partial charge in [-0.1, -0.05) is 37.3 Å². The Bertz CT molecular complexity index is 609. The van der Waals surface area contributed by atoms with E-state index >= 15 is 0 Å². The number of nitrogens with one attached hydrogen (secondary N) is 1. The van der Waals surface area contributed by atoms with Gasteiger partial charge in [0.05, 0.1) is 0 Å². The first-order valence-corrected chi connectivity index (χ1v) is 7.80. The van der Waals surface area contributed by atoms with Gasteiger partial charge in [0.2, 0.25) is 0 Å². The summed E-state index contributed by atoms with van der Waals surface area (Å²) in [6.45, 7) is 3.09. The minimum Gasteiger partial charge on any atom is -0.383 e. The van der Waals surface area contributed by atoms with Gasteiger partial charge in [0.15, 0.2) is 0 Å². The van der Waals surface area contributed by atoms with Crippen LogP contribution in [0.4, 0.5) is 5.82 Å². The highest BCUT2D eigenvalue weighted by molar-refractivity contribution is 5.42. The van der Waals surface area contributed by atoms with Gasteiger partial charge in [0, 0.05) is 17.8 Å². The molecule has 110 valence electrons. The first-order chi connectivity index (χ1) is 10.3. The number of nitrogens with zero attached hydrogens (tertiary/aromatic N) is 1. The summed E-state index contributed by atoms with van der Waals surface area (Å²) >= 11 is 0. The lowest BCUT2D eigenvalue weighted by molar-refractivity contribution is 0.331. The molecule has 1 aliphatic carbocycles. The van der Waals surface area contributed by atoms with E-state index in [-0.39, 0.29) is 6.04 Å². The second-order valence-corrected chi connectivity index (χ2v) is 5.78. The van der Waals surface area contributed by atoms with Crippen molar-refractivity contribution in [2.24, 2.45) is 5.92 Å². The fourth-order valence-corrected chi connectivity index (χ4v) is 3.45. The first-order valence-electron chi connectivity index (χ1n) is 7.80. The van der Waals surface area contributed by atoms with Crippen LogP contribution in [0.5, 0.6) is 0 Å². The van der Waals surface area contributed by atoms with Crippen molar-refractivity contribution in [3.8, 4) is 0 Å². The molecule has 2 aromatic rings. The van der Waals surface area contributed by atoms with Crippen LogP contribution < -0.4 is 11.1 Å². The number of nitrogen functional groups attached to an aromatic ring is 1. The van der Waals surface area contributed by atoms with Crippen LogP contribution in [-0.2, 0) is 12.8 Å². The summed E-state index contributed by atoms with van der Waals surface area (Å²) in [5, 5.41) is 3.62. The van der Waals surface area contributed by atoms with Gasteiger partial charge in [-0.15, -0.1) is 0 Å². The van der Waals surface area contributed by atoms with Crippen LogP contribution in [0, 0.1) is 5.92 Å². The van der Waals surface area contributed by atoms with Crippen LogP contribution in [0.2, 0.25) is 0 Å². The number of fused-ring (bicyclic) bond motifs is 1. The zero-order valence-electron chi connectivity index (χ0n) is 12.5. The molecule has 1 aromatic heterocycles. The van der Waals surface area contributed by atoms with Crippen molar-refractivity contribution >= 4 is 5.82 Å². The number of anilines is 1. The molecule has 21 heavy (non-hydrogen) atoms. The molecule has 2 unspecified atom stereocenters. The molecule has 2 atom stereocenters. The van der Waals surface area contributed by atoms with Gasteiger partial charge < -0.3 is 11.1 Å². The number of rotatable bonds is 4. The Morgan fingerprint density at radius 2 is 2.05 bits per heavy atom. The molecule has 3 nitrogen and oxygen atoms in total. The third-order valence-corrected chi connectivity index (χ3v) is 4.49. The summed E-state index contributed by atoms with van der Waals surface area (Å²) < 4.78 is 0. The van der Waals surface area contributed by atoms with Gasteiger partial charge >= 0.3 is 0 Å². The lowest BCUT2D eigenvalue weighted by Crippen LogP contribution is -2.32. The normalized spacial score (nSPS) is 19.0. The predicted molar refractivity (Wildman–Crippen MR) is 87.0 cm³/mol. The molecule has 0 saturated carbocycles. The molecule has 0 bridgehead atoms. The molecule has 3 heteroatoms. The molecule has 0 radical (unpaired) electrons. The quantitative estimate of drug-likeness (QED) is 0.905. The molecule has 3 N–H and O–H groups in total. The van der Waals surface area contributed by atoms with Crippen molar-refractivity contribution in [1.29, 1.82) is 0 Å². The summed E-state index contributed by atoms with van der Waals surface area (Å²) in [7, 11) is 0. The number of aromatic nitrogens is 1. The molecule has 0 spiro atoms. The molecule has 1 heterocycles. The second kappa shape index (κ2) is 6.27. The highest BCUT2D eigenvalue weighted by Crippen LogP contribution is 2.35. The Morgan fingerprint density at radius 1 is 1.24 bits per heavy atom. The molecule has 0 aliphatic heterocycles. The maximum Gasteiger partial charge on any atom is 0.128 e. The molecule has 3 rings (SSSR count). The highest BCUT2D eigenvalue weighted by Gasteiger charge is 2.28. The van der Waals surface area contributed by atoms with Crippen LogP contribution >= 0.6 is 0 Å². The molecule has 1 aromatic carbocycles. The smallest absolute Gasteiger partial charge is 0.128 e. The largest absolute Gasteiger partial charge is 0.383 e. The number of nitrogens with two attached hydrogens (primary N) is 1. The van der Waals surface area contributed by atoms with E-state index in [4.69, 9.17) is 5.73 Å². The van der Waals surface area contributed by atoms with E-state index in [1.165, 1.54) is 17.5 Å². The molecule has 0 amide bonds. The van der Waals surface area contributed by atoms with Crippen molar-refractivity contribution < 1.29 is 0 Å². The van der Waals surface area contributed by atoms with Crippen LogP contribution in [0.3, 0.4) is 0 Å². The maximum absolute atomic E-state index is 6.10. The third kappa shape index (κ3) is 2.93. The number of aryl methyl sites for hydroxylation is 1. The topological polar surface area (TPSA) is 50.9 Å². The zero-order valence-corrected chi connectivity index (χ0v) is 12.5. The van der Waals surface area contributed by atoms with Gasteiger partial charge in [-0.2, -0.15) is 0 Å². The van der Waals surface area contributed by atoms with Gasteiger partial charge in [-0.25, -0.2) is 4.98 Å². The number of hydrogen-bond acceptors (Lipinski definition) is 3. The van der Waals surface area contributed by atoms with Crippen molar-refractivity contribution in [3.05, 3.63) is 59.3 Å². The second-order valence-electron chi connectivity index (χ2n) is 5.78. The Labute approximate surface area is 126 Å². The van der Waals surface area contributed by atoms with Gasteiger partial charge in [0.25, 0.3) is 0 Å². The maximum atomic E-state index is 6.10. The van der Waals surface area contributed by atoms with E-state index in [9.17, 15) is 0 Å².